The van der Waals surface area contributed by atoms with Crippen LogP contribution in [0.1, 0.15) is 29.3 Å². The first-order valence-electron chi connectivity index (χ1n) is 6.74. The molecule has 0 unspecified atom stereocenters. The molecule has 0 aliphatic carbocycles. The van der Waals surface area contributed by atoms with Gasteiger partial charge in [-0.25, -0.2) is 4.79 Å². The molecule has 0 aliphatic rings. The molecule has 0 heterocycles. The summed E-state index contributed by atoms with van der Waals surface area (Å²) in [5.74, 6) is 1.14. The number of hydrogen-bond acceptors (Lipinski definition) is 5. The molecule has 0 spiro atoms. The number of hydrogen-bond donors (Lipinski definition) is 0. The first-order valence-corrected chi connectivity index (χ1v) is 7.27. The summed E-state index contributed by atoms with van der Waals surface area (Å²) in [6, 6.07) is 3.46. The van der Waals surface area contributed by atoms with Crippen LogP contribution in [0.15, 0.2) is 12.1 Å². The van der Waals surface area contributed by atoms with Gasteiger partial charge in [0, 0.05) is 18.6 Å². The van der Waals surface area contributed by atoms with Crippen molar-refractivity contribution >= 4 is 17.6 Å². The predicted octanol–water partition coefficient (Wildman–Crippen LogP) is 3.03. The zero-order valence-electron chi connectivity index (χ0n) is 12.6. The summed E-state index contributed by atoms with van der Waals surface area (Å²) in [6.07, 6.45) is 1.35. The number of rotatable bonds is 9. The average molecular weight is 317 g/mol. The maximum atomic E-state index is 12.0. The number of carbonyl (C=O) groups excluding carboxylic acids is 1. The van der Waals surface area contributed by atoms with E-state index in [1.54, 1.807) is 12.1 Å². The van der Waals surface area contributed by atoms with Gasteiger partial charge in [0.1, 0.15) is 17.1 Å². The molecular weight excluding hydrogens is 296 g/mol. The Morgan fingerprint density at radius 1 is 1.19 bits per heavy atom. The Kier molecular flexibility index (Phi) is 7.93. The largest absolute Gasteiger partial charge is 0.493 e. The summed E-state index contributed by atoms with van der Waals surface area (Å²) in [5, 5.41) is 0. The highest BCUT2D eigenvalue weighted by Gasteiger charge is 2.21. The van der Waals surface area contributed by atoms with Gasteiger partial charge in [0.25, 0.3) is 0 Å². The molecule has 0 saturated carbocycles. The summed E-state index contributed by atoms with van der Waals surface area (Å²) in [5.41, 5.74) is 1.13. The molecule has 0 amide bonds. The molecule has 0 aromatic heterocycles. The van der Waals surface area contributed by atoms with Gasteiger partial charge in [-0.1, -0.05) is 6.92 Å². The zero-order valence-corrected chi connectivity index (χ0v) is 13.4. The molecule has 1 aromatic carbocycles. The minimum absolute atomic E-state index is 0.0552. The van der Waals surface area contributed by atoms with Crippen molar-refractivity contribution in [2.75, 3.05) is 33.5 Å². The van der Waals surface area contributed by atoms with Crippen LogP contribution >= 0.6 is 11.6 Å². The van der Waals surface area contributed by atoms with Crippen LogP contribution in [0.2, 0.25) is 0 Å². The summed E-state index contributed by atoms with van der Waals surface area (Å²) in [7, 11) is 2.85. The van der Waals surface area contributed by atoms with Gasteiger partial charge in [-0.05, 0) is 25.0 Å². The number of benzene rings is 1. The Balaban J connectivity index is 3.15. The van der Waals surface area contributed by atoms with E-state index in [-0.39, 0.29) is 6.79 Å². The van der Waals surface area contributed by atoms with Crippen LogP contribution in [-0.4, -0.2) is 39.5 Å². The van der Waals surface area contributed by atoms with Gasteiger partial charge in [-0.15, -0.1) is 11.6 Å². The number of halogens is 1. The van der Waals surface area contributed by atoms with E-state index in [4.69, 9.17) is 30.5 Å². The van der Waals surface area contributed by atoms with Gasteiger partial charge in [0.05, 0.1) is 13.7 Å². The SMILES string of the molecule is CCc1c(OCCCCl)ccc(OCOC)c1C(=O)OC. The molecule has 0 saturated heterocycles. The molecular formula is C15H21ClO5. The fraction of sp³-hybridized carbons (Fsp3) is 0.533. The van der Waals surface area contributed by atoms with E-state index in [9.17, 15) is 4.79 Å². The Labute approximate surface area is 130 Å². The molecule has 0 bridgehead atoms. The molecule has 0 radical (unpaired) electrons. The molecule has 5 nitrogen and oxygen atoms in total. The minimum atomic E-state index is -0.458. The van der Waals surface area contributed by atoms with Crippen molar-refractivity contribution < 1.29 is 23.7 Å². The first-order chi connectivity index (χ1) is 10.2. The standard InChI is InChI=1S/C15H21ClO5/c1-4-11-12(20-9-5-8-16)6-7-13(21-10-18-2)14(11)15(17)19-3/h6-7H,4-5,8-10H2,1-3H3. The lowest BCUT2D eigenvalue weighted by molar-refractivity contribution is 0.0462. The summed E-state index contributed by atoms with van der Waals surface area (Å²) in [6.45, 7) is 2.49. The van der Waals surface area contributed by atoms with Crippen molar-refractivity contribution in [2.24, 2.45) is 0 Å². The number of methoxy groups -OCH3 is 2. The Hall–Kier alpha value is -1.46. The molecule has 118 valence electrons. The van der Waals surface area contributed by atoms with Gasteiger partial charge in [-0.2, -0.15) is 0 Å². The van der Waals surface area contributed by atoms with E-state index < -0.39 is 5.97 Å². The Bertz CT molecular complexity index is 462. The fourth-order valence-electron chi connectivity index (χ4n) is 1.90. The topological polar surface area (TPSA) is 54.0 Å². The number of ether oxygens (including phenoxy) is 4. The third-order valence-corrected chi connectivity index (χ3v) is 3.11. The second-order valence-electron chi connectivity index (χ2n) is 4.20. The van der Waals surface area contributed by atoms with E-state index >= 15 is 0 Å². The second-order valence-corrected chi connectivity index (χ2v) is 4.58. The van der Waals surface area contributed by atoms with Crippen LogP contribution in [-0.2, 0) is 15.9 Å². The molecule has 21 heavy (non-hydrogen) atoms. The third-order valence-electron chi connectivity index (χ3n) is 2.84. The van der Waals surface area contributed by atoms with Crippen molar-refractivity contribution in [3.63, 3.8) is 0 Å². The second kappa shape index (κ2) is 9.47. The summed E-state index contributed by atoms with van der Waals surface area (Å²) < 4.78 is 20.8. The molecule has 6 heteroatoms. The van der Waals surface area contributed by atoms with Gasteiger partial charge < -0.3 is 18.9 Å². The molecule has 0 fully saturated rings. The number of alkyl halides is 1. The molecule has 0 N–H and O–H groups in total. The maximum absolute atomic E-state index is 12.0. The third kappa shape index (κ3) is 4.79. The molecule has 0 atom stereocenters. The van der Waals surface area contributed by atoms with Gasteiger partial charge in [0.2, 0.25) is 0 Å². The van der Waals surface area contributed by atoms with Crippen molar-refractivity contribution in [3.8, 4) is 11.5 Å². The van der Waals surface area contributed by atoms with Gasteiger partial charge in [0.15, 0.2) is 6.79 Å². The lowest BCUT2D eigenvalue weighted by Crippen LogP contribution is -2.12. The van der Waals surface area contributed by atoms with Crippen LogP contribution in [0.3, 0.4) is 0 Å². The van der Waals surface area contributed by atoms with E-state index in [2.05, 4.69) is 0 Å². The van der Waals surface area contributed by atoms with Crippen molar-refractivity contribution in [3.05, 3.63) is 23.3 Å². The van der Waals surface area contributed by atoms with Gasteiger partial charge in [-0.3, -0.25) is 0 Å². The van der Waals surface area contributed by atoms with Crippen LogP contribution in [0.5, 0.6) is 11.5 Å². The first kappa shape index (κ1) is 17.6. The van der Waals surface area contributed by atoms with E-state index in [0.29, 0.717) is 36.0 Å². The minimum Gasteiger partial charge on any atom is -0.493 e. The van der Waals surface area contributed by atoms with Crippen molar-refractivity contribution in [1.29, 1.82) is 0 Å². The number of carbonyl (C=O) groups is 1. The van der Waals surface area contributed by atoms with Crippen molar-refractivity contribution in [2.45, 2.75) is 19.8 Å². The summed E-state index contributed by atoms with van der Waals surface area (Å²) >= 11 is 5.64. The highest BCUT2D eigenvalue weighted by atomic mass is 35.5. The van der Waals surface area contributed by atoms with Crippen LogP contribution < -0.4 is 9.47 Å². The normalized spacial score (nSPS) is 10.3. The van der Waals surface area contributed by atoms with Gasteiger partial charge >= 0.3 is 5.97 Å². The molecule has 1 rings (SSSR count). The van der Waals surface area contributed by atoms with Crippen LogP contribution in [0.4, 0.5) is 0 Å². The highest BCUT2D eigenvalue weighted by molar-refractivity contribution is 6.17. The van der Waals surface area contributed by atoms with E-state index in [1.807, 2.05) is 6.92 Å². The zero-order chi connectivity index (χ0) is 15.7. The monoisotopic (exact) mass is 316 g/mol. The Morgan fingerprint density at radius 3 is 2.48 bits per heavy atom. The predicted molar refractivity (Wildman–Crippen MR) is 80.5 cm³/mol. The van der Waals surface area contributed by atoms with Crippen LogP contribution in [0, 0.1) is 0 Å². The lowest BCUT2D eigenvalue weighted by Gasteiger charge is -2.17. The molecule has 0 aliphatic heterocycles. The average Bonchev–Trinajstić information content (AvgIpc) is 2.52. The smallest absolute Gasteiger partial charge is 0.342 e. The lowest BCUT2D eigenvalue weighted by atomic mass is 10.0. The summed E-state index contributed by atoms with van der Waals surface area (Å²) in [4.78, 5) is 12.0. The Morgan fingerprint density at radius 2 is 1.90 bits per heavy atom. The van der Waals surface area contributed by atoms with E-state index in [1.165, 1.54) is 14.2 Å². The van der Waals surface area contributed by atoms with E-state index in [0.717, 1.165) is 12.0 Å². The quantitative estimate of drug-likeness (QED) is 0.303. The number of esters is 1. The fourth-order valence-corrected chi connectivity index (χ4v) is 2.01. The highest BCUT2D eigenvalue weighted by Crippen LogP contribution is 2.32. The maximum Gasteiger partial charge on any atom is 0.342 e. The molecule has 1 aromatic rings. The van der Waals surface area contributed by atoms with Crippen molar-refractivity contribution in [1.82, 2.24) is 0 Å². The van der Waals surface area contributed by atoms with Crippen LogP contribution in [0.25, 0.3) is 0 Å².